The van der Waals surface area contributed by atoms with Gasteiger partial charge >= 0.3 is 5.97 Å². The zero-order chi connectivity index (χ0) is 14.5. The number of rotatable bonds is 5. The fourth-order valence-corrected chi connectivity index (χ4v) is 2.17. The summed E-state index contributed by atoms with van der Waals surface area (Å²) in [5.41, 5.74) is 0.635. The van der Waals surface area contributed by atoms with Gasteiger partial charge in [-0.15, -0.1) is 0 Å². The molecule has 2 rings (SSSR count). The maximum atomic E-state index is 11.8. The Hall–Kier alpha value is -2.37. The molecular formula is C14H16N2O4. The number of nitrogens with one attached hydrogen (secondary N) is 2. The van der Waals surface area contributed by atoms with E-state index in [2.05, 4.69) is 10.6 Å². The lowest BCUT2D eigenvalue weighted by atomic mass is 9.99. The van der Waals surface area contributed by atoms with E-state index in [1.54, 1.807) is 30.3 Å². The van der Waals surface area contributed by atoms with Crippen molar-refractivity contribution >= 4 is 17.8 Å². The van der Waals surface area contributed by atoms with Crippen LogP contribution in [-0.4, -0.2) is 35.5 Å². The highest BCUT2D eigenvalue weighted by Crippen LogP contribution is 2.15. The summed E-state index contributed by atoms with van der Waals surface area (Å²) < 4.78 is 0. The van der Waals surface area contributed by atoms with Crippen molar-refractivity contribution in [3.8, 4) is 0 Å². The third kappa shape index (κ3) is 3.34. The highest BCUT2D eigenvalue weighted by atomic mass is 16.4. The largest absolute Gasteiger partial charge is 0.481 e. The second-order valence-corrected chi connectivity index (χ2v) is 4.71. The first kappa shape index (κ1) is 14.0. The Morgan fingerprint density at radius 1 is 1.35 bits per heavy atom. The number of carboxylic acid groups (broad SMARTS) is 1. The Morgan fingerprint density at radius 3 is 2.60 bits per heavy atom. The minimum atomic E-state index is -0.994. The van der Waals surface area contributed by atoms with E-state index in [1.807, 2.05) is 0 Å². The highest BCUT2D eigenvalue weighted by Gasteiger charge is 2.28. The number of hydrogen-bond donors (Lipinski definition) is 3. The first-order chi connectivity index (χ1) is 9.58. The van der Waals surface area contributed by atoms with E-state index in [1.165, 1.54) is 0 Å². The van der Waals surface area contributed by atoms with Crippen molar-refractivity contribution in [1.82, 2.24) is 10.6 Å². The molecule has 1 aromatic rings. The van der Waals surface area contributed by atoms with E-state index in [-0.39, 0.29) is 18.4 Å². The summed E-state index contributed by atoms with van der Waals surface area (Å²) in [5.74, 6) is -2.27. The maximum Gasteiger partial charge on any atom is 0.312 e. The minimum Gasteiger partial charge on any atom is -0.481 e. The molecule has 0 aliphatic carbocycles. The number of benzene rings is 1. The van der Waals surface area contributed by atoms with Crippen LogP contribution in [0.3, 0.4) is 0 Å². The van der Waals surface area contributed by atoms with E-state index in [4.69, 9.17) is 0 Å². The molecular weight excluding hydrogens is 260 g/mol. The minimum absolute atomic E-state index is 0.00451. The van der Waals surface area contributed by atoms with Crippen molar-refractivity contribution < 1.29 is 19.5 Å². The van der Waals surface area contributed by atoms with Gasteiger partial charge in [-0.2, -0.15) is 0 Å². The number of carbonyl (C=O) groups is 3. The van der Waals surface area contributed by atoms with Gasteiger partial charge in [0.25, 0.3) is 0 Å². The van der Waals surface area contributed by atoms with Crippen LogP contribution in [0.4, 0.5) is 0 Å². The molecule has 20 heavy (non-hydrogen) atoms. The van der Waals surface area contributed by atoms with Gasteiger partial charge in [0, 0.05) is 13.0 Å². The molecule has 1 heterocycles. The molecule has 2 atom stereocenters. The molecule has 1 aliphatic rings. The van der Waals surface area contributed by atoms with Crippen LogP contribution in [0.2, 0.25) is 0 Å². The summed E-state index contributed by atoms with van der Waals surface area (Å²) in [5, 5.41) is 14.4. The van der Waals surface area contributed by atoms with E-state index in [0.717, 1.165) is 0 Å². The highest BCUT2D eigenvalue weighted by molar-refractivity contribution is 5.91. The second kappa shape index (κ2) is 6.18. The average Bonchev–Trinajstić information content (AvgIpc) is 2.86. The van der Waals surface area contributed by atoms with Crippen molar-refractivity contribution in [3.63, 3.8) is 0 Å². The molecule has 1 aliphatic heterocycles. The smallest absolute Gasteiger partial charge is 0.312 e. The summed E-state index contributed by atoms with van der Waals surface area (Å²) in [7, 11) is 0. The molecule has 106 valence electrons. The standard InChI is InChI=1S/C14H16N2O4/c17-12-7-6-11(16-12)13(18)15-8-10(14(19)20)9-4-2-1-3-5-9/h1-5,10-11H,6-8H2,(H,15,18)(H,16,17)(H,19,20)/t10?,11-/m1/s1. The summed E-state index contributed by atoms with van der Waals surface area (Å²) >= 11 is 0. The zero-order valence-electron chi connectivity index (χ0n) is 10.8. The first-order valence-electron chi connectivity index (χ1n) is 6.42. The van der Waals surface area contributed by atoms with E-state index in [9.17, 15) is 19.5 Å². The van der Waals surface area contributed by atoms with Crippen molar-refractivity contribution in [2.75, 3.05) is 6.54 Å². The Morgan fingerprint density at radius 2 is 2.05 bits per heavy atom. The van der Waals surface area contributed by atoms with Gasteiger partial charge in [0.2, 0.25) is 11.8 Å². The monoisotopic (exact) mass is 276 g/mol. The Kier molecular flexibility index (Phi) is 4.34. The van der Waals surface area contributed by atoms with Gasteiger partial charge in [0.15, 0.2) is 0 Å². The molecule has 6 heteroatoms. The molecule has 1 unspecified atom stereocenters. The van der Waals surface area contributed by atoms with Gasteiger partial charge in [-0.1, -0.05) is 30.3 Å². The summed E-state index contributed by atoms with van der Waals surface area (Å²) in [6.07, 6.45) is 0.785. The molecule has 0 aromatic heterocycles. The van der Waals surface area contributed by atoms with Gasteiger partial charge < -0.3 is 15.7 Å². The van der Waals surface area contributed by atoms with Crippen LogP contribution in [0.15, 0.2) is 30.3 Å². The summed E-state index contributed by atoms with van der Waals surface area (Å²) in [6.45, 7) is 0.00451. The third-order valence-electron chi connectivity index (χ3n) is 3.29. The molecule has 1 fully saturated rings. The molecule has 6 nitrogen and oxygen atoms in total. The van der Waals surface area contributed by atoms with Gasteiger partial charge in [-0.05, 0) is 12.0 Å². The quantitative estimate of drug-likeness (QED) is 0.718. The van der Waals surface area contributed by atoms with Crippen LogP contribution in [0, 0.1) is 0 Å². The molecule has 0 bridgehead atoms. The Balaban J connectivity index is 1.95. The van der Waals surface area contributed by atoms with Gasteiger partial charge in [0.1, 0.15) is 6.04 Å². The second-order valence-electron chi connectivity index (χ2n) is 4.71. The van der Waals surface area contributed by atoms with Gasteiger partial charge in [0.05, 0.1) is 5.92 Å². The number of carbonyl (C=O) groups excluding carboxylic acids is 2. The number of amides is 2. The zero-order valence-corrected chi connectivity index (χ0v) is 10.8. The lowest BCUT2D eigenvalue weighted by Crippen LogP contribution is -2.43. The van der Waals surface area contributed by atoms with Crippen LogP contribution in [0.1, 0.15) is 24.3 Å². The van der Waals surface area contributed by atoms with Crippen LogP contribution >= 0.6 is 0 Å². The number of hydrogen-bond acceptors (Lipinski definition) is 3. The normalized spacial score (nSPS) is 19.2. The molecule has 0 spiro atoms. The van der Waals surface area contributed by atoms with Crippen molar-refractivity contribution in [3.05, 3.63) is 35.9 Å². The fourth-order valence-electron chi connectivity index (χ4n) is 2.17. The van der Waals surface area contributed by atoms with Crippen LogP contribution < -0.4 is 10.6 Å². The SMILES string of the molecule is O=C1CC[C@H](C(=O)NCC(C(=O)O)c2ccccc2)N1. The molecule has 0 saturated carbocycles. The number of aliphatic carboxylic acids is 1. The van der Waals surface area contributed by atoms with E-state index < -0.39 is 17.9 Å². The van der Waals surface area contributed by atoms with Crippen LogP contribution in [0.5, 0.6) is 0 Å². The van der Waals surface area contributed by atoms with E-state index in [0.29, 0.717) is 18.4 Å². The first-order valence-corrected chi connectivity index (χ1v) is 6.42. The van der Waals surface area contributed by atoms with Crippen molar-refractivity contribution in [2.24, 2.45) is 0 Å². The average molecular weight is 276 g/mol. The molecule has 1 aromatic carbocycles. The predicted molar refractivity (Wildman–Crippen MR) is 71.0 cm³/mol. The Labute approximate surface area is 116 Å². The Bertz CT molecular complexity index is 515. The van der Waals surface area contributed by atoms with Gasteiger partial charge in [-0.25, -0.2) is 0 Å². The third-order valence-corrected chi connectivity index (χ3v) is 3.29. The number of carboxylic acids is 1. The van der Waals surface area contributed by atoms with Crippen molar-refractivity contribution in [2.45, 2.75) is 24.8 Å². The molecule has 3 N–H and O–H groups in total. The lowest BCUT2D eigenvalue weighted by molar-refractivity contribution is -0.138. The van der Waals surface area contributed by atoms with Crippen LogP contribution in [0.25, 0.3) is 0 Å². The summed E-state index contributed by atoms with van der Waals surface area (Å²) in [4.78, 5) is 34.1. The molecule has 0 radical (unpaired) electrons. The maximum absolute atomic E-state index is 11.8. The fraction of sp³-hybridized carbons (Fsp3) is 0.357. The summed E-state index contributed by atoms with van der Waals surface area (Å²) in [6, 6.07) is 8.18. The van der Waals surface area contributed by atoms with Crippen LogP contribution in [-0.2, 0) is 14.4 Å². The molecule has 1 saturated heterocycles. The molecule has 2 amide bonds. The predicted octanol–water partition coefficient (Wildman–Crippen LogP) is 0.250. The van der Waals surface area contributed by atoms with Gasteiger partial charge in [-0.3, -0.25) is 14.4 Å². The lowest BCUT2D eigenvalue weighted by Gasteiger charge is -2.16. The van der Waals surface area contributed by atoms with Crippen molar-refractivity contribution in [1.29, 1.82) is 0 Å². The van der Waals surface area contributed by atoms with E-state index >= 15 is 0 Å². The topological polar surface area (TPSA) is 95.5 Å².